The zero-order valence-electron chi connectivity index (χ0n) is 12.0. The van der Waals surface area contributed by atoms with Gasteiger partial charge in [0, 0.05) is 25.7 Å². The lowest BCUT2D eigenvalue weighted by molar-refractivity contribution is -0.141. The number of carbonyl (C=O) groups is 1. The predicted molar refractivity (Wildman–Crippen MR) is 79.0 cm³/mol. The van der Waals surface area contributed by atoms with Crippen LogP contribution < -0.4 is 5.32 Å². The first-order chi connectivity index (χ1) is 9.27. The minimum absolute atomic E-state index is 0. The van der Waals surface area contributed by atoms with Crippen molar-refractivity contribution in [1.82, 2.24) is 10.2 Å². The molecular formula is C15H25ClN2O2. The molecule has 3 atom stereocenters. The molecular weight excluding hydrogens is 276 g/mol. The molecule has 0 aromatic heterocycles. The van der Waals surface area contributed by atoms with Gasteiger partial charge in [-0.3, -0.25) is 4.79 Å². The normalized spacial score (nSPS) is 38.2. The van der Waals surface area contributed by atoms with E-state index in [1.807, 2.05) is 0 Å². The summed E-state index contributed by atoms with van der Waals surface area (Å²) in [7, 11) is 0. The molecule has 1 saturated carbocycles. The third-order valence-corrected chi connectivity index (χ3v) is 5.89. The van der Waals surface area contributed by atoms with E-state index < -0.39 is 0 Å². The van der Waals surface area contributed by atoms with Gasteiger partial charge in [0.25, 0.3) is 0 Å². The van der Waals surface area contributed by atoms with E-state index in [0.29, 0.717) is 17.9 Å². The molecule has 0 aromatic carbocycles. The van der Waals surface area contributed by atoms with E-state index in [4.69, 9.17) is 4.74 Å². The van der Waals surface area contributed by atoms with Gasteiger partial charge in [-0.1, -0.05) is 0 Å². The van der Waals surface area contributed by atoms with Crippen molar-refractivity contribution >= 4 is 18.3 Å². The number of halogens is 1. The van der Waals surface area contributed by atoms with Gasteiger partial charge < -0.3 is 15.0 Å². The summed E-state index contributed by atoms with van der Waals surface area (Å²) in [5.74, 6) is 1.31. The highest BCUT2D eigenvalue weighted by atomic mass is 35.5. The van der Waals surface area contributed by atoms with Crippen LogP contribution in [0.25, 0.3) is 0 Å². The van der Waals surface area contributed by atoms with Gasteiger partial charge in [0.1, 0.15) is 0 Å². The Labute approximate surface area is 127 Å². The third kappa shape index (κ3) is 2.26. The van der Waals surface area contributed by atoms with Crippen molar-refractivity contribution in [3.8, 4) is 0 Å². The van der Waals surface area contributed by atoms with Gasteiger partial charge in [0.15, 0.2) is 0 Å². The third-order valence-electron chi connectivity index (χ3n) is 5.89. The van der Waals surface area contributed by atoms with Crippen LogP contribution in [0.5, 0.6) is 0 Å². The molecule has 0 aromatic rings. The summed E-state index contributed by atoms with van der Waals surface area (Å²) in [6, 6.07) is 0.469. The molecule has 114 valence electrons. The number of carbonyl (C=O) groups excluding carboxylic acids is 1. The number of nitrogens with one attached hydrogen (secondary N) is 1. The van der Waals surface area contributed by atoms with Gasteiger partial charge in [-0.25, -0.2) is 0 Å². The Hall–Kier alpha value is -0.320. The van der Waals surface area contributed by atoms with Gasteiger partial charge >= 0.3 is 0 Å². The standard InChI is InChI=1S/C15H24N2O2.ClH/c18-14(13-11-2-3-12(13)16-10-11)17-7-5-15(6-8-17)4-1-9-19-15;/h11-13,16H,1-10H2;1H/t11-,12-,13+;/m0./s1. The van der Waals surface area contributed by atoms with Crippen LogP contribution in [0, 0.1) is 11.8 Å². The van der Waals surface area contributed by atoms with Crippen LogP contribution in [-0.2, 0) is 9.53 Å². The molecule has 1 aliphatic carbocycles. The Kier molecular flexibility index (Phi) is 3.99. The molecule has 4 nitrogen and oxygen atoms in total. The minimum Gasteiger partial charge on any atom is -0.375 e. The highest BCUT2D eigenvalue weighted by Gasteiger charge is 2.48. The van der Waals surface area contributed by atoms with Gasteiger partial charge in [-0.15, -0.1) is 12.4 Å². The lowest BCUT2D eigenvalue weighted by Crippen LogP contribution is -2.49. The van der Waals surface area contributed by atoms with Crippen LogP contribution in [0.4, 0.5) is 0 Å². The number of ether oxygens (including phenoxy) is 1. The lowest BCUT2D eigenvalue weighted by atomic mass is 9.87. The fourth-order valence-corrected chi connectivity index (χ4v) is 4.71. The van der Waals surface area contributed by atoms with E-state index in [0.717, 1.165) is 39.1 Å². The molecule has 4 rings (SSSR count). The fourth-order valence-electron chi connectivity index (χ4n) is 4.71. The maximum absolute atomic E-state index is 12.7. The fraction of sp³-hybridized carbons (Fsp3) is 0.933. The van der Waals surface area contributed by atoms with Crippen LogP contribution >= 0.6 is 12.4 Å². The topological polar surface area (TPSA) is 41.6 Å². The maximum Gasteiger partial charge on any atom is 0.227 e. The second kappa shape index (κ2) is 5.47. The zero-order chi connectivity index (χ0) is 12.9. The number of hydrogen-bond acceptors (Lipinski definition) is 3. The molecule has 2 bridgehead atoms. The Bertz CT molecular complexity index is 354. The Balaban J connectivity index is 0.00000121. The highest BCUT2D eigenvalue weighted by molar-refractivity contribution is 5.85. The minimum atomic E-state index is 0. The molecule has 0 radical (unpaired) electrons. The molecule has 1 amide bonds. The first-order valence-electron chi connectivity index (χ1n) is 7.94. The average molecular weight is 301 g/mol. The van der Waals surface area contributed by atoms with E-state index >= 15 is 0 Å². The summed E-state index contributed by atoms with van der Waals surface area (Å²) in [5, 5.41) is 3.50. The number of hydrogen-bond donors (Lipinski definition) is 1. The average Bonchev–Trinajstić information content (AvgIpc) is 3.15. The van der Waals surface area contributed by atoms with Gasteiger partial charge in [0.05, 0.1) is 11.5 Å². The van der Waals surface area contributed by atoms with Crippen LogP contribution in [0.3, 0.4) is 0 Å². The number of nitrogens with zero attached hydrogens (tertiary/aromatic N) is 1. The Morgan fingerprint density at radius 2 is 2.00 bits per heavy atom. The van der Waals surface area contributed by atoms with Crippen molar-refractivity contribution in [3.05, 3.63) is 0 Å². The van der Waals surface area contributed by atoms with E-state index in [2.05, 4.69) is 10.2 Å². The lowest BCUT2D eigenvalue weighted by Gasteiger charge is -2.39. The highest BCUT2D eigenvalue weighted by Crippen LogP contribution is 2.40. The monoisotopic (exact) mass is 300 g/mol. The van der Waals surface area contributed by atoms with Gasteiger partial charge in [-0.2, -0.15) is 0 Å². The van der Waals surface area contributed by atoms with Crippen LogP contribution in [-0.4, -0.2) is 48.7 Å². The number of amides is 1. The van der Waals surface area contributed by atoms with E-state index in [9.17, 15) is 4.79 Å². The first-order valence-corrected chi connectivity index (χ1v) is 7.94. The number of piperidine rings is 2. The quantitative estimate of drug-likeness (QED) is 0.799. The van der Waals surface area contributed by atoms with Crippen LogP contribution in [0.1, 0.15) is 38.5 Å². The van der Waals surface area contributed by atoms with E-state index in [1.54, 1.807) is 0 Å². The van der Waals surface area contributed by atoms with Crippen molar-refractivity contribution < 1.29 is 9.53 Å². The molecule has 4 fully saturated rings. The second-order valence-electron chi connectivity index (χ2n) is 6.84. The van der Waals surface area contributed by atoms with Gasteiger partial charge in [0.2, 0.25) is 5.91 Å². The van der Waals surface area contributed by atoms with Crippen molar-refractivity contribution in [2.24, 2.45) is 11.8 Å². The smallest absolute Gasteiger partial charge is 0.227 e. The summed E-state index contributed by atoms with van der Waals surface area (Å²) in [4.78, 5) is 14.8. The molecule has 3 saturated heterocycles. The van der Waals surface area contributed by atoms with Crippen molar-refractivity contribution in [3.63, 3.8) is 0 Å². The molecule has 5 heteroatoms. The largest absolute Gasteiger partial charge is 0.375 e. The van der Waals surface area contributed by atoms with Crippen LogP contribution in [0.2, 0.25) is 0 Å². The molecule has 1 spiro atoms. The summed E-state index contributed by atoms with van der Waals surface area (Å²) < 4.78 is 5.94. The predicted octanol–water partition coefficient (Wildman–Crippen LogP) is 1.58. The van der Waals surface area contributed by atoms with E-state index in [1.165, 1.54) is 25.7 Å². The maximum atomic E-state index is 12.7. The van der Waals surface area contributed by atoms with Crippen LogP contribution in [0.15, 0.2) is 0 Å². The number of likely N-dealkylation sites (tertiary alicyclic amines) is 1. The van der Waals surface area contributed by atoms with Crippen molar-refractivity contribution in [2.75, 3.05) is 26.2 Å². The van der Waals surface area contributed by atoms with Gasteiger partial charge in [-0.05, 0) is 51.0 Å². The van der Waals surface area contributed by atoms with E-state index in [-0.39, 0.29) is 23.9 Å². The molecule has 3 aliphatic heterocycles. The molecule has 1 N–H and O–H groups in total. The first kappa shape index (κ1) is 14.6. The summed E-state index contributed by atoms with van der Waals surface area (Å²) in [6.07, 6.45) is 6.94. The van der Waals surface area contributed by atoms with Crippen molar-refractivity contribution in [1.29, 1.82) is 0 Å². The van der Waals surface area contributed by atoms with Crippen molar-refractivity contribution in [2.45, 2.75) is 50.2 Å². The molecule has 20 heavy (non-hydrogen) atoms. The molecule has 3 heterocycles. The summed E-state index contributed by atoms with van der Waals surface area (Å²) in [5.41, 5.74) is 0.129. The molecule has 4 aliphatic rings. The zero-order valence-corrected chi connectivity index (χ0v) is 12.8. The number of fused-ring (bicyclic) bond motifs is 2. The Morgan fingerprint density at radius 3 is 2.50 bits per heavy atom. The molecule has 0 unspecified atom stereocenters. The summed E-state index contributed by atoms with van der Waals surface area (Å²) >= 11 is 0. The number of rotatable bonds is 1. The SMILES string of the molecule is Cl.O=C([C@@H]1[C@H]2CC[C@@H]1NC2)N1CCC2(CCCO2)CC1. The summed E-state index contributed by atoms with van der Waals surface area (Å²) in [6.45, 7) is 3.80. The Morgan fingerprint density at radius 1 is 1.20 bits per heavy atom. The second-order valence-corrected chi connectivity index (χ2v) is 6.84.